The third kappa shape index (κ3) is 5.99. The second-order valence-electron chi connectivity index (χ2n) is 17.2. The molecule has 0 spiro atoms. The largest absolute Gasteiger partial charge is 0.310 e. The fourth-order valence-corrected chi connectivity index (χ4v) is 11.8. The summed E-state index contributed by atoms with van der Waals surface area (Å²) in [6, 6.07) is 92.2. The first-order valence-electron chi connectivity index (χ1n) is 22.4. The molecule has 1 nitrogen and oxygen atoms in total. The molecule has 0 N–H and O–H groups in total. The molecule has 1 heterocycles. The molecule has 304 valence electrons. The molecular formula is C63H41NS. The van der Waals surface area contributed by atoms with Crippen molar-refractivity contribution in [1.29, 1.82) is 0 Å². The van der Waals surface area contributed by atoms with E-state index in [2.05, 4.69) is 254 Å². The molecule has 0 amide bonds. The third-order valence-electron chi connectivity index (χ3n) is 13.7. The van der Waals surface area contributed by atoms with Gasteiger partial charge in [0.1, 0.15) is 0 Å². The molecule has 0 radical (unpaired) electrons. The lowest BCUT2D eigenvalue weighted by molar-refractivity contribution is 0.768. The summed E-state index contributed by atoms with van der Waals surface area (Å²) in [4.78, 5) is 2.43. The van der Waals surface area contributed by atoms with Crippen LogP contribution in [-0.2, 0) is 5.41 Å². The van der Waals surface area contributed by atoms with Gasteiger partial charge in [-0.05, 0) is 138 Å². The predicted octanol–water partition coefficient (Wildman–Crippen LogP) is 17.5. The molecule has 0 unspecified atom stereocenters. The van der Waals surface area contributed by atoms with Gasteiger partial charge in [0.05, 0.1) is 5.41 Å². The van der Waals surface area contributed by atoms with Crippen LogP contribution in [0.4, 0.5) is 17.1 Å². The SMILES string of the molecule is c1ccc(C2(c3ccccc3)c3ccccc3-c3ccc(N(c4ccc(-c5ccc6c(ccc7ccccc76)c5)cc4)c4ccc(-c5ccc6sc7ccccc7c6c5)cc4)cc32)cc1. The summed E-state index contributed by atoms with van der Waals surface area (Å²) in [6.07, 6.45) is 0. The molecule has 1 aliphatic carbocycles. The highest BCUT2D eigenvalue weighted by molar-refractivity contribution is 7.25. The van der Waals surface area contributed by atoms with E-state index in [0.717, 1.165) is 17.1 Å². The maximum absolute atomic E-state index is 2.46. The lowest BCUT2D eigenvalue weighted by Gasteiger charge is -2.35. The van der Waals surface area contributed by atoms with E-state index in [1.807, 2.05) is 11.3 Å². The molecule has 0 saturated carbocycles. The molecule has 0 atom stereocenters. The Morgan fingerprint density at radius 2 is 0.815 bits per heavy atom. The van der Waals surface area contributed by atoms with Gasteiger partial charge < -0.3 is 4.90 Å². The molecule has 11 aromatic carbocycles. The summed E-state index contributed by atoms with van der Waals surface area (Å²) in [5.41, 5.74) is 15.3. The van der Waals surface area contributed by atoms with Gasteiger partial charge in [-0.25, -0.2) is 0 Å². The Bertz CT molecular complexity index is 3710. The van der Waals surface area contributed by atoms with E-state index in [1.165, 1.54) is 97.4 Å². The first kappa shape index (κ1) is 37.5. The molecule has 65 heavy (non-hydrogen) atoms. The molecule has 12 aromatic rings. The first-order valence-corrected chi connectivity index (χ1v) is 23.2. The van der Waals surface area contributed by atoms with Gasteiger partial charge in [-0.1, -0.05) is 188 Å². The quantitative estimate of drug-likeness (QED) is 0.145. The number of fused-ring (bicyclic) bond motifs is 9. The van der Waals surface area contributed by atoms with Crippen LogP contribution < -0.4 is 4.90 Å². The van der Waals surface area contributed by atoms with E-state index in [9.17, 15) is 0 Å². The van der Waals surface area contributed by atoms with Crippen molar-refractivity contribution in [3.05, 3.63) is 271 Å². The Morgan fingerprint density at radius 1 is 0.292 bits per heavy atom. The summed E-state index contributed by atoms with van der Waals surface area (Å²) in [6.45, 7) is 0. The van der Waals surface area contributed by atoms with E-state index < -0.39 is 5.41 Å². The van der Waals surface area contributed by atoms with Gasteiger partial charge in [-0.2, -0.15) is 0 Å². The van der Waals surface area contributed by atoms with E-state index in [4.69, 9.17) is 0 Å². The van der Waals surface area contributed by atoms with Crippen molar-refractivity contribution in [2.45, 2.75) is 5.41 Å². The average Bonchev–Trinajstić information content (AvgIpc) is 3.90. The number of thiophene rings is 1. The number of rotatable bonds is 7. The molecule has 0 aliphatic heterocycles. The number of anilines is 3. The maximum Gasteiger partial charge on any atom is 0.0714 e. The monoisotopic (exact) mass is 843 g/mol. The molecule has 1 aromatic heterocycles. The lowest BCUT2D eigenvalue weighted by Crippen LogP contribution is -2.28. The Kier molecular flexibility index (Phi) is 8.69. The number of nitrogens with zero attached hydrogens (tertiary/aromatic N) is 1. The summed E-state index contributed by atoms with van der Waals surface area (Å²) < 4.78 is 2.64. The van der Waals surface area contributed by atoms with Gasteiger partial charge in [0.2, 0.25) is 0 Å². The van der Waals surface area contributed by atoms with Crippen LogP contribution in [0.2, 0.25) is 0 Å². The topological polar surface area (TPSA) is 3.24 Å². The summed E-state index contributed by atoms with van der Waals surface area (Å²) in [5.74, 6) is 0. The number of hydrogen-bond donors (Lipinski definition) is 0. The predicted molar refractivity (Wildman–Crippen MR) is 277 cm³/mol. The summed E-state index contributed by atoms with van der Waals surface area (Å²) in [7, 11) is 0. The average molecular weight is 844 g/mol. The highest BCUT2D eigenvalue weighted by atomic mass is 32.1. The summed E-state index contributed by atoms with van der Waals surface area (Å²) in [5, 5.41) is 7.71. The molecule has 0 saturated heterocycles. The zero-order valence-corrected chi connectivity index (χ0v) is 36.3. The van der Waals surface area contributed by atoms with E-state index in [-0.39, 0.29) is 0 Å². The normalized spacial score (nSPS) is 12.7. The van der Waals surface area contributed by atoms with E-state index in [1.54, 1.807) is 0 Å². The third-order valence-corrected chi connectivity index (χ3v) is 14.9. The lowest BCUT2D eigenvalue weighted by atomic mass is 9.67. The van der Waals surface area contributed by atoms with Crippen LogP contribution in [0.15, 0.2) is 249 Å². The van der Waals surface area contributed by atoms with Gasteiger partial charge in [-0.15, -0.1) is 11.3 Å². The van der Waals surface area contributed by atoms with Gasteiger partial charge in [0.25, 0.3) is 0 Å². The van der Waals surface area contributed by atoms with Crippen LogP contribution in [0.25, 0.3) is 75.1 Å². The highest BCUT2D eigenvalue weighted by Gasteiger charge is 2.46. The van der Waals surface area contributed by atoms with Crippen molar-refractivity contribution in [2.24, 2.45) is 0 Å². The fraction of sp³-hybridized carbons (Fsp3) is 0.0159. The van der Waals surface area contributed by atoms with Gasteiger partial charge in [0.15, 0.2) is 0 Å². The van der Waals surface area contributed by atoms with Crippen LogP contribution in [0.1, 0.15) is 22.3 Å². The zero-order chi connectivity index (χ0) is 42.9. The van der Waals surface area contributed by atoms with Crippen molar-refractivity contribution in [3.8, 4) is 33.4 Å². The number of benzene rings is 11. The van der Waals surface area contributed by atoms with Crippen LogP contribution in [0.5, 0.6) is 0 Å². The molecule has 2 heteroatoms. The minimum Gasteiger partial charge on any atom is -0.310 e. The molecule has 13 rings (SSSR count). The van der Waals surface area contributed by atoms with Crippen LogP contribution >= 0.6 is 11.3 Å². The Labute approximate surface area is 382 Å². The smallest absolute Gasteiger partial charge is 0.0714 e. The van der Waals surface area contributed by atoms with E-state index >= 15 is 0 Å². The van der Waals surface area contributed by atoms with Crippen LogP contribution in [0, 0.1) is 0 Å². The maximum atomic E-state index is 2.46. The standard InChI is InChI=1S/C63H41NS/c1-3-14-48(15-4-1)63(49-16-5-2-6-17-49)59-21-11-9-19-55(59)56-37-35-52(41-60(56)63)64(51-33-27-43(28-34-51)46-30-38-62-58(40-46)57-20-10-12-22-61(57)65-62)50-31-25-42(26-32-50)45-29-36-54-47(39-45)24-23-44-13-7-8-18-53(44)54/h1-41H. The highest BCUT2D eigenvalue weighted by Crippen LogP contribution is 2.57. The molecule has 0 fully saturated rings. The molecule has 1 aliphatic rings. The van der Waals surface area contributed by atoms with Crippen molar-refractivity contribution in [2.75, 3.05) is 4.90 Å². The van der Waals surface area contributed by atoms with Gasteiger partial charge in [-0.3, -0.25) is 0 Å². The minimum absolute atomic E-state index is 0.504. The van der Waals surface area contributed by atoms with Crippen molar-refractivity contribution < 1.29 is 0 Å². The molecular weight excluding hydrogens is 803 g/mol. The van der Waals surface area contributed by atoms with Gasteiger partial charge in [0, 0.05) is 37.2 Å². The number of hydrogen-bond acceptors (Lipinski definition) is 2. The van der Waals surface area contributed by atoms with E-state index in [0.29, 0.717) is 0 Å². The van der Waals surface area contributed by atoms with Crippen molar-refractivity contribution in [3.63, 3.8) is 0 Å². The Morgan fingerprint density at radius 3 is 1.55 bits per heavy atom. The minimum atomic E-state index is -0.504. The summed E-state index contributed by atoms with van der Waals surface area (Å²) >= 11 is 1.86. The second-order valence-corrected chi connectivity index (χ2v) is 18.3. The second kappa shape index (κ2) is 15.1. The van der Waals surface area contributed by atoms with Crippen LogP contribution in [0.3, 0.4) is 0 Å². The van der Waals surface area contributed by atoms with Crippen molar-refractivity contribution >= 4 is 70.1 Å². The fourth-order valence-electron chi connectivity index (χ4n) is 10.7. The van der Waals surface area contributed by atoms with Gasteiger partial charge >= 0.3 is 0 Å². The first-order chi connectivity index (χ1) is 32.2. The van der Waals surface area contributed by atoms with Crippen LogP contribution in [-0.4, -0.2) is 0 Å². The Hall–Kier alpha value is -8.04. The zero-order valence-electron chi connectivity index (χ0n) is 35.5. The molecule has 0 bridgehead atoms. The van der Waals surface area contributed by atoms with Crippen molar-refractivity contribution in [1.82, 2.24) is 0 Å². The Balaban J connectivity index is 0.965.